The molecule has 5 rings (SSSR count). The Kier molecular flexibility index (Phi) is 7.25. The highest BCUT2D eigenvalue weighted by atomic mass is 35.5. The van der Waals surface area contributed by atoms with E-state index in [0.717, 1.165) is 21.2 Å². The highest BCUT2D eigenvalue weighted by Crippen LogP contribution is 2.48. The van der Waals surface area contributed by atoms with Crippen molar-refractivity contribution in [2.75, 3.05) is 10.7 Å². The first-order valence-electron chi connectivity index (χ1n) is 10.9. The predicted octanol–water partition coefficient (Wildman–Crippen LogP) is 5.97. The zero-order valence-electron chi connectivity index (χ0n) is 18.9. The zero-order valence-corrected chi connectivity index (χ0v) is 22.1. The summed E-state index contributed by atoms with van der Waals surface area (Å²) < 4.78 is 1.76. The molecule has 4 aromatic rings. The average Bonchev–Trinajstić information content (AvgIpc) is 3.24. The van der Waals surface area contributed by atoms with Gasteiger partial charge in [-0.05, 0) is 42.5 Å². The number of rotatable bonds is 6. The minimum Gasteiger partial charge on any atom is -0.345 e. The van der Waals surface area contributed by atoms with Gasteiger partial charge in [0.2, 0.25) is 5.91 Å². The summed E-state index contributed by atoms with van der Waals surface area (Å²) in [4.78, 5) is 29.7. The molecule has 1 N–H and O–H groups in total. The van der Waals surface area contributed by atoms with E-state index in [1.807, 2.05) is 48.5 Å². The molecular weight excluding hydrogens is 537 g/mol. The molecule has 1 aromatic heterocycles. The Morgan fingerprint density at radius 2 is 1.61 bits per heavy atom. The van der Waals surface area contributed by atoms with Crippen molar-refractivity contribution >= 4 is 69.9 Å². The van der Waals surface area contributed by atoms with Crippen molar-refractivity contribution < 1.29 is 9.59 Å². The molecule has 3 aromatic carbocycles. The van der Waals surface area contributed by atoms with E-state index in [1.54, 1.807) is 40.4 Å². The first kappa shape index (κ1) is 24.7. The van der Waals surface area contributed by atoms with E-state index in [-0.39, 0.29) is 24.1 Å². The second-order valence-corrected chi connectivity index (χ2v) is 10.7. The largest absolute Gasteiger partial charge is 0.345 e. The van der Waals surface area contributed by atoms with Gasteiger partial charge in [0.1, 0.15) is 0 Å². The van der Waals surface area contributed by atoms with Crippen molar-refractivity contribution in [1.82, 2.24) is 20.1 Å². The summed E-state index contributed by atoms with van der Waals surface area (Å²) >= 11 is 14.9. The fourth-order valence-corrected chi connectivity index (χ4v) is 5.82. The van der Waals surface area contributed by atoms with Crippen LogP contribution in [0.25, 0.3) is 0 Å². The Labute approximate surface area is 226 Å². The Morgan fingerprint density at radius 1 is 0.944 bits per heavy atom. The third kappa shape index (κ3) is 4.97. The zero-order chi connectivity index (χ0) is 25.2. The molecule has 0 aliphatic carbocycles. The molecule has 0 saturated carbocycles. The lowest BCUT2D eigenvalue weighted by Gasteiger charge is -2.30. The SMILES string of the molecule is Cn1c(CNC(=O)c2ccc(Cl)c(Cl)c2)nnc1SCC(=O)N1c2ccccc2Sc2ccccc21. The fraction of sp³-hybridized carbons (Fsp3) is 0.120. The number of benzene rings is 3. The van der Waals surface area contributed by atoms with E-state index in [4.69, 9.17) is 23.2 Å². The van der Waals surface area contributed by atoms with Crippen molar-refractivity contribution in [2.24, 2.45) is 7.05 Å². The van der Waals surface area contributed by atoms with Gasteiger partial charge < -0.3 is 9.88 Å². The van der Waals surface area contributed by atoms with Crippen molar-refractivity contribution in [1.29, 1.82) is 0 Å². The van der Waals surface area contributed by atoms with Gasteiger partial charge in [0, 0.05) is 22.4 Å². The quantitative estimate of drug-likeness (QED) is 0.295. The number of nitrogens with one attached hydrogen (secondary N) is 1. The van der Waals surface area contributed by atoms with Gasteiger partial charge in [-0.15, -0.1) is 10.2 Å². The van der Waals surface area contributed by atoms with Crippen LogP contribution in [0.15, 0.2) is 81.7 Å². The van der Waals surface area contributed by atoms with Crippen LogP contribution in [-0.2, 0) is 18.4 Å². The van der Waals surface area contributed by atoms with Gasteiger partial charge in [0.25, 0.3) is 5.91 Å². The number of amides is 2. The monoisotopic (exact) mass is 555 g/mol. The number of carbonyl (C=O) groups excluding carboxylic acids is 2. The van der Waals surface area contributed by atoms with E-state index in [1.165, 1.54) is 17.8 Å². The molecule has 0 unspecified atom stereocenters. The maximum Gasteiger partial charge on any atom is 0.251 e. The molecule has 0 spiro atoms. The van der Waals surface area contributed by atoms with Crippen LogP contribution in [0.3, 0.4) is 0 Å². The first-order valence-corrected chi connectivity index (χ1v) is 13.4. The molecule has 0 radical (unpaired) electrons. The first-order chi connectivity index (χ1) is 17.4. The van der Waals surface area contributed by atoms with Crippen LogP contribution in [0.1, 0.15) is 16.2 Å². The summed E-state index contributed by atoms with van der Waals surface area (Å²) in [6.07, 6.45) is 0. The van der Waals surface area contributed by atoms with Crippen LogP contribution in [0.5, 0.6) is 0 Å². The standard InChI is InChI=1S/C25H19Cl2N5O2S2/c1-31-22(13-28-24(34)15-10-11-16(26)17(27)12-15)29-30-25(31)35-14-23(33)32-18-6-2-4-8-20(18)36-21-9-5-3-7-19(21)32/h2-12H,13-14H2,1H3,(H,28,34). The van der Waals surface area contributed by atoms with Gasteiger partial charge in [-0.25, -0.2) is 0 Å². The number of carbonyl (C=O) groups is 2. The maximum atomic E-state index is 13.4. The lowest BCUT2D eigenvalue weighted by molar-refractivity contribution is -0.115. The Bertz CT molecular complexity index is 1430. The van der Waals surface area contributed by atoms with E-state index >= 15 is 0 Å². The lowest BCUT2D eigenvalue weighted by atomic mass is 10.2. The van der Waals surface area contributed by atoms with Crippen LogP contribution in [0.2, 0.25) is 10.0 Å². The fourth-order valence-electron chi connectivity index (χ4n) is 3.69. The number of halogens is 2. The Morgan fingerprint density at radius 3 is 2.28 bits per heavy atom. The molecule has 1 aliphatic heterocycles. The molecule has 2 heterocycles. The molecule has 0 bridgehead atoms. The van der Waals surface area contributed by atoms with Crippen LogP contribution in [0, 0.1) is 0 Å². The van der Waals surface area contributed by atoms with Crippen LogP contribution >= 0.6 is 46.7 Å². The minimum atomic E-state index is -0.304. The molecule has 0 atom stereocenters. The number of hydrogen-bond acceptors (Lipinski definition) is 6. The van der Waals surface area contributed by atoms with Crippen molar-refractivity contribution in [3.05, 3.63) is 88.2 Å². The van der Waals surface area contributed by atoms with E-state index in [0.29, 0.717) is 26.6 Å². The van der Waals surface area contributed by atoms with E-state index in [9.17, 15) is 9.59 Å². The summed E-state index contributed by atoms with van der Waals surface area (Å²) in [5.74, 6) is 0.372. The third-order valence-electron chi connectivity index (χ3n) is 5.52. The molecule has 182 valence electrons. The van der Waals surface area contributed by atoms with Gasteiger partial charge in [0.15, 0.2) is 11.0 Å². The highest BCUT2D eigenvalue weighted by Gasteiger charge is 2.28. The summed E-state index contributed by atoms with van der Waals surface area (Å²) in [6.45, 7) is 0.168. The highest BCUT2D eigenvalue weighted by molar-refractivity contribution is 8.00. The minimum absolute atomic E-state index is 0.0577. The second-order valence-electron chi connectivity index (χ2n) is 7.82. The number of nitrogens with zero attached hydrogens (tertiary/aromatic N) is 4. The summed E-state index contributed by atoms with van der Waals surface area (Å²) in [6, 6.07) is 20.4. The molecule has 0 saturated heterocycles. The van der Waals surface area contributed by atoms with E-state index < -0.39 is 0 Å². The predicted molar refractivity (Wildman–Crippen MR) is 144 cm³/mol. The molecule has 2 amide bonds. The topological polar surface area (TPSA) is 80.1 Å². The molecular formula is C25H19Cl2N5O2S2. The number of hydrogen-bond donors (Lipinski definition) is 1. The smallest absolute Gasteiger partial charge is 0.251 e. The number of para-hydroxylation sites is 2. The van der Waals surface area contributed by atoms with E-state index in [2.05, 4.69) is 15.5 Å². The Balaban J connectivity index is 1.26. The average molecular weight is 557 g/mol. The molecule has 0 fully saturated rings. The summed E-state index contributed by atoms with van der Waals surface area (Å²) in [5.41, 5.74) is 2.14. The number of thioether (sulfide) groups is 1. The van der Waals surface area contributed by atoms with Crippen LogP contribution in [-0.4, -0.2) is 32.3 Å². The van der Waals surface area contributed by atoms with Crippen LogP contribution < -0.4 is 10.2 Å². The lowest BCUT2D eigenvalue weighted by Crippen LogP contribution is -2.30. The van der Waals surface area contributed by atoms with Crippen LogP contribution in [0.4, 0.5) is 11.4 Å². The third-order valence-corrected chi connectivity index (χ3v) is 8.39. The van der Waals surface area contributed by atoms with Gasteiger partial charge in [0.05, 0.1) is 33.7 Å². The van der Waals surface area contributed by atoms with Gasteiger partial charge in [-0.3, -0.25) is 14.5 Å². The van der Waals surface area contributed by atoms with Gasteiger partial charge in [-0.1, -0.05) is 71.0 Å². The summed E-state index contributed by atoms with van der Waals surface area (Å²) in [7, 11) is 1.80. The number of anilines is 2. The molecule has 7 nitrogen and oxygen atoms in total. The molecule has 11 heteroatoms. The van der Waals surface area contributed by atoms with Crippen molar-refractivity contribution in [2.45, 2.75) is 21.5 Å². The Hall–Kier alpha value is -2.98. The summed E-state index contributed by atoms with van der Waals surface area (Å²) in [5, 5.41) is 12.5. The maximum absolute atomic E-state index is 13.4. The molecule has 36 heavy (non-hydrogen) atoms. The second kappa shape index (κ2) is 10.6. The van der Waals surface area contributed by atoms with Crippen molar-refractivity contribution in [3.63, 3.8) is 0 Å². The van der Waals surface area contributed by atoms with Gasteiger partial charge in [-0.2, -0.15) is 0 Å². The number of aromatic nitrogens is 3. The number of fused-ring (bicyclic) bond motifs is 2. The normalized spacial score (nSPS) is 12.1. The molecule has 1 aliphatic rings. The van der Waals surface area contributed by atoms with Crippen molar-refractivity contribution in [3.8, 4) is 0 Å². The van der Waals surface area contributed by atoms with Gasteiger partial charge >= 0.3 is 0 Å².